The monoisotopic (exact) mass is 414 g/mol. The van der Waals surface area contributed by atoms with Crippen LogP contribution in [0.5, 0.6) is 0 Å². The highest BCUT2D eigenvalue weighted by Crippen LogP contribution is 2.20. The van der Waals surface area contributed by atoms with Crippen LogP contribution in [0.4, 0.5) is 0 Å². The summed E-state index contributed by atoms with van der Waals surface area (Å²) < 4.78 is 1.51. The molecular weight excluding hydrogens is 388 g/mol. The molecule has 0 aliphatic carbocycles. The van der Waals surface area contributed by atoms with Crippen LogP contribution in [-0.2, 0) is 13.0 Å². The summed E-state index contributed by atoms with van der Waals surface area (Å²) in [6.45, 7) is 8.75. The summed E-state index contributed by atoms with van der Waals surface area (Å²) >= 11 is 6.07. The summed E-state index contributed by atoms with van der Waals surface area (Å²) in [6, 6.07) is 6.99. The number of aryl methyl sites for hydroxylation is 2. The molecule has 1 N–H and O–H groups in total. The lowest BCUT2D eigenvalue weighted by atomic mass is 10.1. The molecule has 7 heteroatoms. The molecule has 1 aromatic carbocycles. The molecule has 0 radical (unpaired) electrons. The van der Waals surface area contributed by atoms with Crippen LogP contribution in [0.1, 0.15) is 59.6 Å². The molecule has 0 saturated heterocycles. The number of aromatic nitrogens is 3. The van der Waals surface area contributed by atoms with E-state index in [4.69, 9.17) is 11.6 Å². The third-order valence-corrected chi connectivity index (χ3v) is 5.37. The van der Waals surface area contributed by atoms with E-state index in [1.54, 1.807) is 36.1 Å². The van der Waals surface area contributed by atoms with Crippen molar-refractivity contribution in [2.45, 2.75) is 53.5 Å². The number of halogens is 1. The number of nitrogens with one attached hydrogen (secondary N) is 1. The summed E-state index contributed by atoms with van der Waals surface area (Å²) in [6.07, 6.45) is 2.52. The number of benzene rings is 1. The molecule has 154 valence electrons. The Balaban J connectivity index is 2.05. The van der Waals surface area contributed by atoms with Crippen molar-refractivity contribution in [3.05, 3.63) is 67.7 Å². The molecule has 1 amide bonds. The molecule has 0 unspecified atom stereocenters. The lowest BCUT2D eigenvalue weighted by molar-refractivity contribution is 0.0740. The molecule has 29 heavy (non-hydrogen) atoms. The highest BCUT2D eigenvalue weighted by Gasteiger charge is 2.21. The fourth-order valence-electron chi connectivity index (χ4n) is 3.52. The zero-order chi connectivity index (χ0) is 21.1. The van der Waals surface area contributed by atoms with Gasteiger partial charge < -0.3 is 4.90 Å². The predicted molar refractivity (Wildman–Crippen MR) is 116 cm³/mol. The second-order valence-corrected chi connectivity index (χ2v) is 7.78. The highest BCUT2D eigenvalue weighted by molar-refractivity contribution is 6.30. The molecule has 0 fully saturated rings. The molecule has 0 aliphatic heterocycles. The zero-order valence-electron chi connectivity index (χ0n) is 17.4. The van der Waals surface area contributed by atoms with Gasteiger partial charge in [0.15, 0.2) is 5.65 Å². The number of nitrogens with zero attached hydrogens (tertiary/aromatic N) is 3. The van der Waals surface area contributed by atoms with Gasteiger partial charge in [0.05, 0.1) is 12.2 Å². The van der Waals surface area contributed by atoms with E-state index in [-0.39, 0.29) is 11.5 Å². The van der Waals surface area contributed by atoms with Crippen molar-refractivity contribution in [1.82, 2.24) is 19.5 Å². The van der Waals surface area contributed by atoms with Crippen molar-refractivity contribution >= 4 is 23.2 Å². The molecule has 0 aliphatic rings. The second kappa shape index (κ2) is 8.82. The summed E-state index contributed by atoms with van der Waals surface area (Å²) in [5, 5.41) is 3.75. The fourth-order valence-corrected chi connectivity index (χ4v) is 3.71. The number of rotatable bonds is 7. The minimum atomic E-state index is -0.0979. The van der Waals surface area contributed by atoms with E-state index < -0.39 is 0 Å². The van der Waals surface area contributed by atoms with Crippen LogP contribution in [0, 0.1) is 13.8 Å². The molecule has 3 rings (SSSR count). The Bertz CT molecular complexity index is 1100. The molecule has 0 spiro atoms. The molecular formula is C22H27ClN4O2. The van der Waals surface area contributed by atoms with Crippen LogP contribution in [0.25, 0.3) is 5.65 Å². The lowest BCUT2D eigenvalue weighted by Crippen LogP contribution is -2.32. The maximum absolute atomic E-state index is 13.1. The van der Waals surface area contributed by atoms with Gasteiger partial charge in [-0.2, -0.15) is 0 Å². The third-order valence-electron chi connectivity index (χ3n) is 5.13. The Labute approximate surface area is 175 Å². The van der Waals surface area contributed by atoms with Crippen molar-refractivity contribution in [2.24, 2.45) is 0 Å². The minimum Gasteiger partial charge on any atom is -0.333 e. The van der Waals surface area contributed by atoms with Gasteiger partial charge in [0.2, 0.25) is 0 Å². The smallest absolute Gasteiger partial charge is 0.275 e. The van der Waals surface area contributed by atoms with E-state index in [2.05, 4.69) is 17.0 Å². The Morgan fingerprint density at radius 3 is 2.66 bits per heavy atom. The Hall–Kier alpha value is -2.60. The molecule has 0 saturated carbocycles. The van der Waals surface area contributed by atoms with Gasteiger partial charge in [-0.25, -0.2) is 9.50 Å². The van der Waals surface area contributed by atoms with Crippen LogP contribution in [0.15, 0.2) is 29.1 Å². The number of carbonyl (C=O) groups is 1. The van der Waals surface area contributed by atoms with E-state index in [9.17, 15) is 9.59 Å². The minimum absolute atomic E-state index is 0.0804. The summed E-state index contributed by atoms with van der Waals surface area (Å²) in [5.74, 6) is -0.0804. The number of aromatic amines is 1. The average Bonchev–Trinajstić information content (AvgIpc) is 3.03. The molecule has 0 bridgehead atoms. The van der Waals surface area contributed by atoms with Gasteiger partial charge in [0.25, 0.3) is 11.5 Å². The van der Waals surface area contributed by atoms with Gasteiger partial charge in [-0.05, 0) is 44.9 Å². The van der Waals surface area contributed by atoms with Crippen molar-refractivity contribution in [1.29, 1.82) is 0 Å². The maximum atomic E-state index is 13.1. The molecule has 0 atom stereocenters. The highest BCUT2D eigenvalue weighted by atomic mass is 35.5. The second-order valence-electron chi connectivity index (χ2n) is 7.34. The van der Waals surface area contributed by atoms with E-state index in [0.717, 1.165) is 36.2 Å². The largest absolute Gasteiger partial charge is 0.333 e. The predicted octanol–water partition coefficient (Wildman–Crippen LogP) is 4.30. The first-order valence-corrected chi connectivity index (χ1v) is 10.4. The van der Waals surface area contributed by atoms with Gasteiger partial charge in [0.1, 0.15) is 0 Å². The summed E-state index contributed by atoms with van der Waals surface area (Å²) in [7, 11) is 0. The lowest BCUT2D eigenvalue weighted by Gasteiger charge is -2.22. The van der Waals surface area contributed by atoms with Gasteiger partial charge in [0, 0.05) is 34.0 Å². The topological polar surface area (TPSA) is 70.5 Å². The first-order valence-electron chi connectivity index (χ1n) is 10.0. The SMILES string of the molecule is CCCc1c(CN(CCC)C(=O)c2cccc(Cl)c2)[nH]n2c(=O)c(C)c(C)nc12. The van der Waals surface area contributed by atoms with Gasteiger partial charge >= 0.3 is 0 Å². The van der Waals surface area contributed by atoms with Crippen molar-refractivity contribution in [2.75, 3.05) is 6.54 Å². The maximum Gasteiger partial charge on any atom is 0.275 e. The summed E-state index contributed by atoms with van der Waals surface area (Å²) in [4.78, 5) is 32.3. The van der Waals surface area contributed by atoms with E-state index in [1.807, 2.05) is 13.8 Å². The van der Waals surface area contributed by atoms with E-state index in [0.29, 0.717) is 34.9 Å². The molecule has 6 nitrogen and oxygen atoms in total. The Morgan fingerprint density at radius 1 is 1.24 bits per heavy atom. The molecule has 2 heterocycles. The van der Waals surface area contributed by atoms with Crippen molar-refractivity contribution in [3.8, 4) is 0 Å². The van der Waals surface area contributed by atoms with Crippen LogP contribution >= 0.6 is 11.6 Å². The van der Waals surface area contributed by atoms with Crippen LogP contribution in [0.3, 0.4) is 0 Å². The van der Waals surface area contributed by atoms with Crippen LogP contribution < -0.4 is 5.56 Å². The molecule has 2 aromatic heterocycles. The normalized spacial score (nSPS) is 11.2. The van der Waals surface area contributed by atoms with Gasteiger partial charge in [-0.3, -0.25) is 14.7 Å². The summed E-state index contributed by atoms with van der Waals surface area (Å²) in [5.41, 5.74) is 4.32. The number of carbonyl (C=O) groups excluding carboxylic acids is 1. The van der Waals surface area contributed by atoms with Crippen molar-refractivity contribution in [3.63, 3.8) is 0 Å². The van der Waals surface area contributed by atoms with E-state index in [1.165, 1.54) is 4.52 Å². The van der Waals surface area contributed by atoms with Crippen LogP contribution in [-0.4, -0.2) is 31.9 Å². The number of hydrogen-bond acceptors (Lipinski definition) is 3. The quantitative estimate of drug-likeness (QED) is 0.626. The Kier molecular flexibility index (Phi) is 6.42. The molecule has 3 aromatic rings. The zero-order valence-corrected chi connectivity index (χ0v) is 18.1. The van der Waals surface area contributed by atoms with Crippen LogP contribution in [0.2, 0.25) is 5.02 Å². The number of amides is 1. The average molecular weight is 415 g/mol. The third kappa shape index (κ3) is 4.22. The number of hydrogen-bond donors (Lipinski definition) is 1. The Morgan fingerprint density at radius 2 is 2.00 bits per heavy atom. The standard InChI is InChI=1S/C22H27ClN4O2/c1-5-8-18-19(25-27-20(18)24-15(4)14(3)21(27)28)13-26(11-6-2)22(29)16-9-7-10-17(23)12-16/h7,9-10,12,25H,5-6,8,11,13H2,1-4H3. The van der Waals surface area contributed by atoms with Gasteiger partial charge in [-0.1, -0.05) is 37.9 Å². The van der Waals surface area contributed by atoms with Crippen molar-refractivity contribution < 1.29 is 4.79 Å². The van der Waals surface area contributed by atoms with Gasteiger partial charge in [-0.15, -0.1) is 0 Å². The first-order chi connectivity index (χ1) is 13.9. The first kappa shape index (κ1) is 21.1. The van der Waals surface area contributed by atoms with E-state index >= 15 is 0 Å². The number of H-pyrrole nitrogens is 1. The number of fused-ring (bicyclic) bond motifs is 1. The fraction of sp³-hybridized carbons (Fsp3) is 0.409.